The maximum Gasteiger partial charge on any atom is 0.264 e. The first-order valence-corrected chi connectivity index (χ1v) is 3.66. The molecule has 5 nitrogen and oxygen atoms in total. The molecule has 13 heavy (non-hydrogen) atoms. The molecule has 2 aromatic heterocycles. The van der Waals surface area contributed by atoms with Crippen LogP contribution in [-0.4, -0.2) is 22.1 Å². The van der Waals surface area contributed by atoms with Gasteiger partial charge in [-0.3, -0.25) is 0 Å². The van der Waals surface area contributed by atoms with Gasteiger partial charge >= 0.3 is 0 Å². The molecule has 0 atom stereocenters. The summed E-state index contributed by atoms with van der Waals surface area (Å²) in [6, 6.07) is 1.73. The Morgan fingerprint density at radius 2 is 2.00 bits per heavy atom. The van der Waals surface area contributed by atoms with E-state index < -0.39 is 0 Å². The molecule has 2 heterocycles. The van der Waals surface area contributed by atoms with Gasteiger partial charge in [-0.2, -0.15) is 4.98 Å². The summed E-state index contributed by atoms with van der Waals surface area (Å²) in [6.45, 7) is 0. The molecule has 0 saturated carbocycles. The van der Waals surface area contributed by atoms with Crippen LogP contribution in [-0.2, 0) is 0 Å². The van der Waals surface area contributed by atoms with E-state index in [0.717, 1.165) is 0 Å². The zero-order valence-electron chi connectivity index (χ0n) is 6.97. The van der Waals surface area contributed by atoms with Crippen molar-refractivity contribution >= 4 is 0 Å². The van der Waals surface area contributed by atoms with Crippen molar-refractivity contribution in [1.29, 1.82) is 0 Å². The molecular formula is C8H7N3O2. The van der Waals surface area contributed by atoms with Crippen molar-refractivity contribution in [2.45, 2.75) is 0 Å². The zero-order valence-corrected chi connectivity index (χ0v) is 6.97. The van der Waals surface area contributed by atoms with Gasteiger partial charge in [-0.1, -0.05) is 0 Å². The number of ether oxygens (including phenoxy) is 1. The van der Waals surface area contributed by atoms with Gasteiger partial charge in [0, 0.05) is 12.4 Å². The van der Waals surface area contributed by atoms with Crippen LogP contribution < -0.4 is 4.74 Å². The maximum atomic E-state index is 5.08. The van der Waals surface area contributed by atoms with Crippen LogP contribution in [0.5, 0.6) is 5.88 Å². The Morgan fingerprint density at radius 3 is 2.69 bits per heavy atom. The van der Waals surface area contributed by atoms with Crippen LogP contribution in [0.25, 0.3) is 11.6 Å². The maximum absolute atomic E-state index is 5.08. The summed E-state index contributed by atoms with van der Waals surface area (Å²) in [5, 5.41) is 0. The lowest BCUT2D eigenvalue weighted by atomic mass is 10.4. The molecule has 2 aromatic rings. The Labute approximate surface area is 74.4 Å². The van der Waals surface area contributed by atoms with E-state index in [1.165, 1.54) is 13.5 Å². The summed E-state index contributed by atoms with van der Waals surface area (Å²) in [7, 11) is 1.52. The van der Waals surface area contributed by atoms with Crippen LogP contribution in [0.1, 0.15) is 0 Å². The van der Waals surface area contributed by atoms with E-state index in [1.807, 2.05) is 0 Å². The van der Waals surface area contributed by atoms with Crippen LogP contribution in [0.4, 0.5) is 0 Å². The van der Waals surface area contributed by atoms with Gasteiger partial charge < -0.3 is 9.15 Å². The average molecular weight is 177 g/mol. The summed E-state index contributed by atoms with van der Waals surface area (Å²) in [5.74, 6) is 1.31. The highest BCUT2D eigenvalue weighted by atomic mass is 16.5. The second kappa shape index (κ2) is 3.22. The van der Waals surface area contributed by atoms with Gasteiger partial charge in [-0.25, -0.2) is 9.97 Å². The molecule has 0 amide bonds. The van der Waals surface area contributed by atoms with E-state index in [0.29, 0.717) is 17.5 Å². The van der Waals surface area contributed by atoms with Gasteiger partial charge in [0.05, 0.1) is 7.11 Å². The van der Waals surface area contributed by atoms with Crippen LogP contribution in [0.3, 0.4) is 0 Å². The number of nitrogens with zero attached hydrogens (tertiary/aromatic N) is 3. The highest BCUT2D eigenvalue weighted by Crippen LogP contribution is 2.24. The number of hydrogen-bond donors (Lipinski definition) is 0. The number of oxazole rings is 1. The standard InChI is InChI=1S/C8H7N3O2/c1-12-8-6(13-5-11-8)7-9-3-2-4-10-7/h2-5H,1H3. The molecule has 0 unspecified atom stereocenters. The molecule has 0 aliphatic carbocycles. The summed E-state index contributed by atoms with van der Waals surface area (Å²) >= 11 is 0. The third kappa shape index (κ3) is 1.35. The van der Waals surface area contributed by atoms with Gasteiger partial charge in [0.1, 0.15) is 0 Å². The molecule has 2 rings (SSSR count). The molecule has 0 N–H and O–H groups in total. The van der Waals surface area contributed by atoms with Crippen molar-refractivity contribution in [1.82, 2.24) is 15.0 Å². The normalized spacial score (nSPS) is 9.92. The lowest BCUT2D eigenvalue weighted by Gasteiger charge is -1.96. The van der Waals surface area contributed by atoms with E-state index in [1.54, 1.807) is 18.5 Å². The van der Waals surface area contributed by atoms with Gasteiger partial charge in [0.2, 0.25) is 11.6 Å². The van der Waals surface area contributed by atoms with E-state index >= 15 is 0 Å². The number of hydrogen-bond acceptors (Lipinski definition) is 5. The fraction of sp³-hybridized carbons (Fsp3) is 0.125. The first-order chi connectivity index (χ1) is 6.42. The Hall–Kier alpha value is -1.91. The fourth-order valence-corrected chi connectivity index (χ4v) is 0.946. The Bertz CT molecular complexity index is 385. The van der Waals surface area contributed by atoms with Crippen molar-refractivity contribution < 1.29 is 9.15 Å². The molecule has 0 bridgehead atoms. The molecule has 0 saturated heterocycles. The van der Waals surface area contributed by atoms with Crippen molar-refractivity contribution in [3.63, 3.8) is 0 Å². The molecule has 0 spiro atoms. The van der Waals surface area contributed by atoms with E-state index in [-0.39, 0.29) is 0 Å². The van der Waals surface area contributed by atoms with Crippen molar-refractivity contribution in [3.8, 4) is 17.5 Å². The van der Waals surface area contributed by atoms with Gasteiger partial charge in [0.15, 0.2) is 6.39 Å². The second-order valence-electron chi connectivity index (χ2n) is 2.26. The lowest BCUT2D eigenvalue weighted by Crippen LogP contribution is -1.89. The predicted molar refractivity (Wildman–Crippen MR) is 44.1 cm³/mol. The van der Waals surface area contributed by atoms with E-state index in [4.69, 9.17) is 9.15 Å². The largest absolute Gasteiger partial charge is 0.478 e. The second-order valence-corrected chi connectivity index (χ2v) is 2.26. The first-order valence-electron chi connectivity index (χ1n) is 3.66. The summed E-state index contributed by atoms with van der Waals surface area (Å²) in [5.41, 5.74) is 0. The molecule has 5 heteroatoms. The SMILES string of the molecule is COc1ncoc1-c1ncccn1. The number of methoxy groups -OCH3 is 1. The van der Waals surface area contributed by atoms with Crippen molar-refractivity contribution in [2.75, 3.05) is 7.11 Å². The quantitative estimate of drug-likeness (QED) is 0.688. The Morgan fingerprint density at radius 1 is 1.23 bits per heavy atom. The third-order valence-corrected chi connectivity index (χ3v) is 1.50. The Kier molecular flexibility index (Phi) is 1.91. The molecule has 0 aliphatic rings. The summed E-state index contributed by atoms with van der Waals surface area (Å²) < 4.78 is 10.0. The lowest BCUT2D eigenvalue weighted by molar-refractivity contribution is 0.398. The Balaban J connectivity index is 2.47. The minimum Gasteiger partial charge on any atom is -0.478 e. The van der Waals surface area contributed by atoms with Crippen molar-refractivity contribution in [3.05, 3.63) is 24.9 Å². The minimum atomic E-state index is 0.395. The average Bonchev–Trinajstić information content (AvgIpc) is 2.67. The van der Waals surface area contributed by atoms with Gasteiger partial charge in [-0.15, -0.1) is 0 Å². The minimum absolute atomic E-state index is 0.395. The monoisotopic (exact) mass is 177 g/mol. The zero-order chi connectivity index (χ0) is 9.10. The summed E-state index contributed by atoms with van der Waals surface area (Å²) in [4.78, 5) is 11.9. The molecular weight excluding hydrogens is 170 g/mol. The van der Waals surface area contributed by atoms with E-state index in [2.05, 4.69) is 15.0 Å². The molecule has 0 fully saturated rings. The smallest absolute Gasteiger partial charge is 0.264 e. The first kappa shape index (κ1) is 7.72. The fourth-order valence-electron chi connectivity index (χ4n) is 0.946. The number of rotatable bonds is 2. The molecule has 0 radical (unpaired) electrons. The van der Waals surface area contributed by atoms with Crippen LogP contribution >= 0.6 is 0 Å². The topological polar surface area (TPSA) is 61.0 Å². The highest BCUT2D eigenvalue weighted by Gasteiger charge is 2.12. The van der Waals surface area contributed by atoms with Crippen molar-refractivity contribution in [2.24, 2.45) is 0 Å². The predicted octanol–water partition coefficient (Wildman–Crippen LogP) is 1.14. The van der Waals surface area contributed by atoms with E-state index in [9.17, 15) is 0 Å². The van der Waals surface area contributed by atoms with Gasteiger partial charge in [-0.05, 0) is 6.07 Å². The molecule has 0 aromatic carbocycles. The summed E-state index contributed by atoms with van der Waals surface area (Å²) in [6.07, 6.45) is 4.55. The van der Waals surface area contributed by atoms with Crippen LogP contribution in [0, 0.1) is 0 Å². The third-order valence-electron chi connectivity index (χ3n) is 1.50. The van der Waals surface area contributed by atoms with Crippen LogP contribution in [0.2, 0.25) is 0 Å². The van der Waals surface area contributed by atoms with Crippen LogP contribution in [0.15, 0.2) is 29.3 Å². The van der Waals surface area contributed by atoms with Gasteiger partial charge in [0.25, 0.3) is 5.88 Å². The molecule has 0 aliphatic heterocycles. The number of aromatic nitrogens is 3. The highest BCUT2D eigenvalue weighted by molar-refractivity contribution is 5.52. The molecule has 66 valence electrons.